The summed E-state index contributed by atoms with van der Waals surface area (Å²) in [5.41, 5.74) is 0. The average Bonchev–Trinajstić information content (AvgIpc) is 1.83. The second-order valence-corrected chi connectivity index (χ2v) is 1.36. The van der Waals surface area contributed by atoms with Gasteiger partial charge in [0.1, 0.15) is 0 Å². The number of hydrogen-bond acceptors (Lipinski definition) is 3. The topological polar surface area (TPSA) is 60.7 Å². The minimum absolute atomic E-state index is 0.100. The smallest absolute Gasteiger partial charge is 0.0952 e. The van der Waals surface area contributed by atoms with Crippen LogP contribution in [0.15, 0.2) is 12.2 Å². The third-order valence-electron chi connectivity index (χ3n) is 0.651. The van der Waals surface area contributed by atoms with Gasteiger partial charge in [-0.05, 0) is 0 Å². The van der Waals surface area contributed by atoms with Crippen LogP contribution < -0.4 is 0 Å². The van der Waals surface area contributed by atoms with Crippen LogP contribution in [0.2, 0.25) is 0 Å². The molecular weight excluding hydrogens is 108 g/mol. The van der Waals surface area contributed by atoms with Crippen LogP contribution >= 0.6 is 0 Å². The van der Waals surface area contributed by atoms with Gasteiger partial charge in [-0.1, -0.05) is 12.2 Å². The zero-order valence-corrected chi connectivity index (χ0v) is 4.49. The van der Waals surface area contributed by atoms with Gasteiger partial charge in [0.05, 0.1) is 19.3 Å². The second-order valence-electron chi connectivity index (χ2n) is 1.36. The Morgan fingerprint density at radius 1 is 1.38 bits per heavy atom. The molecule has 0 radical (unpaired) electrons. The van der Waals surface area contributed by atoms with Gasteiger partial charge in [-0.15, -0.1) is 0 Å². The highest BCUT2D eigenvalue weighted by atomic mass is 16.3. The van der Waals surface area contributed by atoms with E-state index in [0.717, 1.165) is 0 Å². The summed E-state index contributed by atoms with van der Waals surface area (Å²) in [5.74, 6) is 0. The first kappa shape index (κ1) is 7.62. The van der Waals surface area contributed by atoms with Crippen molar-refractivity contribution in [1.82, 2.24) is 0 Å². The van der Waals surface area contributed by atoms with E-state index in [-0.39, 0.29) is 13.2 Å². The van der Waals surface area contributed by atoms with Crippen molar-refractivity contribution in [2.75, 3.05) is 13.2 Å². The van der Waals surface area contributed by atoms with Crippen molar-refractivity contribution in [3.8, 4) is 0 Å². The molecule has 3 N–H and O–H groups in total. The molecule has 1 unspecified atom stereocenters. The zero-order valence-electron chi connectivity index (χ0n) is 4.49. The molecule has 0 saturated heterocycles. The molecule has 0 rings (SSSR count). The van der Waals surface area contributed by atoms with Crippen LogP contribution in [0.5, 0.6) is 0 Å². The maximum atomic E-state index is 8.54. The van der Waals surface area contributed by atoms with Crippen molar-refractivity contribution in [3.05, 3.63) is 12.2 Å². The van der Waals surface area contributed by atoms with Crippen LogP contribution in [-0.2, 0) is 0 Å². The molecule has 0 aliphatic carbocycles. The lowest BCUT2D eigenvalue weighted by Gasteiger charge is -1.95. The number of rotatable bonds is 3. The molecule has 0 heterocycles. The number of hydrogen-bond donors (Lipinski definition) is 3. The molecule has 3 nitrogen and oxygen atoms in total. The van der Waals surface area contributed by atoms with E-state index >= 15 is 0 Å². The lowest BCUT2D eigenvalue weighted by molar-refractivity contribution is 0.130. The van der Waals surface area contributed by atoms with E-state index in [9.17, 15) is 0 Å². The van der Waals surface area contributed by atoms with Crippen molar-refractivity contribution in [2.24, 2.45) is 0 Å². The molecule has 0 aromatic heterocycles. The highest BCUT2D eigenvalue weighted by Gasteiger charge is 1.90. The van der Waals surface area contributed by atoms with E-state index in [1.807, 2.05) is 0 Å². The molecule has 0 aromatic carbocycles. The average molecular weight is 118 g/mol. The van der Waals surface area contributed by atoms with Gasteiger partial charge >= 0.3 is 0 Å². The van der Waals surface area contributed by atoms with E-state index in [2.05, 4.69) is 0 Å². The lowest BCUT2D eigenvalue weighted by atomic mass is 10.3. The van der Waals surface area contributed by atoms with Crippen LogP contribution in [0.25, 0.3) is 0 Å². The maximum absolute atomic E-state index is 8.54. The molecule has 0 saturated carbocycles. The van der Waals surface area contributed by atoms with Crippen LogP contribution in [0.1, 0.15) is 0 Å². The Balaban J connectivity index is 3.21. The Hall–Kier alpha value is -0.380. The fourth-order valence-corrected chi connectivity index (χ4v) is 0.279. The molecule has 0 amide bonds. The van der Waals surface area contributed by atoms with Gasteiger partial charge < -0.3 is 15.3 Å². The van der Waals surface area contributed by atoms with E-state index in [0.29, 0.717) is 0 Å². The van der Waals surface area contributed by atoms with Crippen LogP contribution in [0.3, 0.4) is 0 Å². The summed E-state index contributed by atoms with van der Waals surface area (Å²) < 4.78 is 0. The fraction of sp³-hybridized carbons (Fsp3) is 0.600. The molecule has 0 fully saturated rings. The molecule has 0 aliphatic heterocycles. The molecule has 0 spiro atoms. The summed E-state index contributed by atoms with van der Waals surface area (Å²) in [7, 11) is 0. The summed E-state index contributed by atoms with van der Waals surface area (Å²) in [6.07, 6.45) is 1.88. The normalized spacial score (nSPS) is 14.9. The molecule has 0 aromatic rings. The zero-order chi connectivity index (χ0) is 6.41. The summed E-state index contributed by atoms with van der Waals surface area (Å²) in [6, 6.07) is 0. The van der Waals surface area contributed by atoms with Gasteiger partial charge in [0.25, 0.3) is 0 Å². The van der Waals surface area contributed by atoms with E-state index in [4.69, 9.17) is 15.3 Å². The SMILES string of the molecule is OCC=CC(O)CO. The fourth-order valence-electron chi connectivity index (χ4n) is 0.279. The van der Waals surface area contributed by atoms with Crippen molar-refractivity contribution >= 4 is 0 Å². The Morgan fingerprint density at radius 2 is 2.00 bits per heavy atom. The van der Waals surface area contributed by atoms with E-state index in [1.54, 1.807) is 0 Å². The minimum atomic E-state index is -0.831. The van der Waals surface area contributed by atoms with Crippen molar-refractivity contribution in [1.29, 1.82) is 0 Å². The highest BCUT2D eigenvalue weighted by Crippen LogP contribution is 1.81. The Morgan fingerprint density at radius 3 is 2.38 bits per heavy atom. The summed E-state index contributed by atoms with van der Waals surface area (Å²) in [6.45, 7) is -0.395. The van der Waals surface area contributed by atoms with Gasteiger partial charge in [0.15, 0.2) is 0 Å². The third-order valence-corrected chi connectivity index (χ3v) is 0.651. The van der Waals surface area contributed by atoms with Crippen molar-refractivity contribution in [2.45, 2.75) is 6.10 Å². The van der Waals surface area contributed by atoms with Gasteiger partial charge in [0, 0.05) is 0 Å². The summed E-state index contributed by atoms with van der Waals surface area (Å²) >= 11 is 0. The van der Waals surface area contributed by atoms with E-state index in [1.165, 1.54) is 12.2 Å². The standard InChI is InChI=1S/C5H10O3/c6-3-1-2-5(8)4-7/h1-2,5-8H,3-4H2. The first-order valence-electron chi connectivity index (χ1n) is 2.37. The second kappa shape index (κ2) is 4.77. The number of aliphatic hydroxyl groups is 3. The predicted octanol–water partition coefficient (Wildman–Crippen LogP) is -1.11. The van der Waals surface area contributed by atoms with Crippen LogP contribution in [0, 0.1) is 0 Å². The van der Waals surface area contributed by atoms with Crippen LogP contribution in [-0.4, -0.2) is 34.6 Å². The van der Waals surface area contributed by atoms with Crippen molar-refractivity contribution < 1.29 is 15.3 Å². The van der Waals surface area contributed by atoms with Crippen molar-refractivity contribution in [3.63, 3.8) is 0 Å². The molecule has 3 heteroatoms. The van der Waals surface area contributed by atoms with Gasteiger partial charge in [-0.2, -0.15) is 0 Å². The molecule has 8 heavy (non-hydrogen) atoms. The monoisotopic (exact) mass is 118 g/mol. The first-order valence-corrected chi connectivity index (χ1v) is 2.37. The Labute approximate surface area is 47.9 Å². The number of aliphatic hydroxyl groups excluding tert-OH is 3. The van der Waals surface area contributed by atoms with Gasteiger partial charge in [-0.25, -0.2) is 0 Å². The Kier molecular flexibility index (Phi) is 4.54. The van der Waals surface area contributed by atoms with Crippen LogP contribution in [0.4, 0.5) is 0 Å². The first-order chi connectivity index (χ1) is 3.81. The Bertz CT molecular complexity index is 70.1. The molecule has 1 atom stereocenters. The van der Waals surface area contributed by atoms with Gasteiger partial charge in [0.2, 0.25) is 0 Å². The minimum Gasteiger partial charge on any atom is -0.393 e. The third kappa shape index (κ3) is 3.80. The predicted molar refractivity (Wildman–Crippen MR) is 29.3 cm³/mol. The van der Waals surface area contributed by atoms with E-state index < -0.39 is 6.10 Å². The largest absolute Gasteiger partial charge is 0.393 e. The van der Waals surface area contributed by atoms with Gasteiger partial charge in [-0.3, -0.25) is 0 Å². The molecule has 0 bridgehead atoms. The highest BCUT2D eigenvalue weighted by molar-refractivity contribution is 4.87. The lowest BCUT2D eigenvalue weighted by Crippen LogP contribution is -2.07. The summed E-state index contributed by atoms with van der Waals surface area (Å²) in [4.78, 5) is 0. The molecule has 48 valence electrons. The molecule has 0 aliphatic rings. The quantitative estimate of drug-likeness (QED) is 0.412. The maximum Gasteiger partial charge on any atom is 0.0952 e. The molecular formula is C5H10O3. The summed E-state index contributed by atoms with van der Waals surface area (Å²) in [5, 5.41) is 24.9.